The number of rotatable bonds is 5. The first-order chi connectivity index (χ1) is 10.2. The molecule has 3 heteroatoms. The van der Waals surface area contributed by atoms with Crippen LogP contribution in [-0.2, 0) is 14.3 Å². The summed E-state index contributed by atoms with van der Waals surface area (Å²) >= 11 is 0. The number of carbonyl (C=O) groups excluding carboxylic acids is 1. The normalized spacial score (nSPS) is 18.0. The molecule has 0 spiro atoms. The molecule has 0 saturated heterocycles. The van der Waals surface area contributed by atoms with Crippen LogP contribution in [0.4, 0.5) is 0 Å². The van der Waals surface area contributed by atoms with Crippen molar-refractivity contribution in [2.75, 3.05) is 7.11 Å². The van der Waals surface area contributed by atoms with Crippen LogP contribution in [0, 0.1) is 0 Å². The van der Waals surface area contributed by atoms with Gasteiger partial charge in [0, 0.05) is 5.56 Å². The summed E-state index contributed by atoms with van der Waals surface area (Å²) in [6.07, 6.45) is 4.84. The van der Waals surface area contributed by atoms with E-state index in [1.54, 1.807) is 0 Å². The number of esters is 1. The van der Waals surface area contributed by atoms with Gasteiger partial charge in [-0.05, 0) is 24.5 Å². The van der Waals surface area contributed by atoms with E-state index in [-0.39, 0.29) is 12.1 Å². The average molecular weight is 286 g/mol. The van der Waals surface area contributed by atoms with E-state index in [9.17, 15) is 4.79 Å². The van der Waals surface area contributed by atoms with Gasteiger partial charge in [0.05, 0.1) is 7.11 Å². The Morgan fingerprint density at radius 1 is 1.24 bits per heavy atom. The fourth-order valence-corrected chi connectivity index (χ4v) is 2.54. The lowest BCUT2D eigenvalue weighted by Crippen LogP contribution is -2.22. The molecule has 0 amide bonds. The molecule has 1 aliphatic rings. The van der Waals surface area contributed by atoms with Gasteiger partial charge in [0.15, 0.2) is 0 Å². The molecule has 1 atom stereocenters. The van der Waals surface area contributed by atoms with E-state index in [2.05, 4.69) is 13.8 Å². The molecule has 2 rings (SSSR count). The maximum absolute atomic E-state index is 12.1. The third-order valence-electron chi connectivity index (χ3n) is 3.65. The molecule has 0 N–H and O–H groups in total. The molecule has 112 valence electrons. The zero-order valence-corrected chi connectivity index (χ0v) is 12.9. The van der Waals surface area contributed by atoms with Crippen molar-refractivity contribution in [1.82, 2.24) is 0 Å². The first-order valence-corrected chi connectivity index (χ1v) is 7.46. The van der Waals surface area contributed by atoms with Crippen LogP contribution in [0.15, 0.2) is 47.6 Å². The zero-order valence-electron chi connectivity index (χ0n) is 12.9. The summed E-state index contributed by atoms with van der Waals surface area (Å²) < 4.78 is 11.1. The largest absolute Gasteiger partial charge is 0.485 e. The quantitative estimate of drug-likeness (QED) is 0.764. The van der Waals surface area contributed by atoms with E-state index in [1.165, 1.54) is 7.11 Å². The third-order valence-corrected chi connectivity index (χ3v) is 3.65. The minimum Gasteiger partial charge on any atom is -0.485 e. The highest BCUT2D eigenvalue weighted by atomic mass is 16.5. The Kier molecular flexibility index (Phi) is 5.20. The molecule has 1 aromatic rings. The average Bonchev–Trinajstić information content (AvgIpc) is 2.54. The molecule has 0 saturated carbocycles. The standard InChI is InChI=1S/C18H22O3/c1-4-9-16-13(5-2)12-15(18(19)20-3)17(21-16)14-10-7-6-8-11-14/h6-8,10-12,16H,4-5,9H2,1-3H3. The molecule has 0 aliphatic carbocycles. The highest BCUT2D eigenvalue weighted by Crippen LogP contribution is 2.33. The van der Waals surface area contributed by atoms with E-state index in [1.807, 2.05) is 36.4 Å². The smallest absolute Gasteiger partial charge is 0.341 e. The Morgan fingerprint density at radius 2 is 1.95 bits per heavy atom. The van der Waals surface area contributed by atoms with E-state index in [0.29, 0.717) is 11.3 Å². The van der Waals surface area contributed by atoms with Gasteiger partial charge >= 0.3 is 5.97 Å². The molecule has 21 heavy (non-hydrogen) atoms. The van der Waals surface area contributed by atoms with Gasteiger partial charge in [0.25, 0.3) is 0 Å². The summed E-state index contributed by atoms with van der Waals surface area (Å²) in [5.41, 5.74) is 2.57. The zero-order chi connectivity index (χ0) is 15.2. The van der Waals surface area contributed by atoms with Crippen LogP contribution >= 0.6 is 0 Å². The predicted molar refractivity (Wildman–Crippen MR) is 83.5 cm³/mol. The number of carbonyl (C=O) groups is 1. The van der Waals surface area contributed by atoms with E-state index in [4.69, 9.17) is 9.47 Å². The van der Waals surface area contributed by atoms with Gasteiger partial charge in [-0.2, -0.15) is 0 Å². The van der Waals surface area contributed by atoms with Gasteiger partial charge < -0.3 is 9.47 Å². The molecular formula is C18H22O3. The van der Waals surface area contributed by atoms with Crippen LogP contribution in [0.25, 0.3) is 5.76 Å². The maximum Gasteiger partial charge on any atom is 0.341 e. The highest BCUT2D eigenvalue weighted by molar-refractivity contribution is 5.99. The van der Waals surface area contributed by atoms with Crippen LogP contribution in [-0.4, -0.2) is 19.2 Å². The molecule has 0 radical (unpaired) electrons. The molecule has 0 fully saturated rings. The Balaban J connectivity index is 2.49. The number of hydrogen-bond donors (Lipinski definition) is 0. The van der Waals surface area contributed by atoms with Crippen molar-refractivity contribution < 1.29 is 14.3 Å². The third kappa shape index (κ3) is 3.35. The maximum atomic E-state index is 12.1. The Bertz CT molecular complexity index is 555. The molecule has 1 unspecified atom stereocenters. The summed E-state index contributed by atoms with van der Waals surface area (Å²) in [4.78, 5) is 12.1. The molecule has 1 heterocycles. The lowest BCUT2D eigenvalue weighted by molar-refractivity contribution is -0.135. The van der Waals surface area contributed by atoms with E-state index >= 15 is 0 Å². The van der Waals surface area contributed by atoms with Crippen molar-refractivity contribution in [2.45, 2.75) is 39.2 Å². The second-order valence-corrected chi connectivity index (χ2v) is 5.07. The number of hydrogen-bond acceptors (Lipinski definition) is 3. The van der Waals surface area contributed by atoms with Crippen LogP contribution in [0.5, 0.6) is 0 Å². The van der Waals surface area contributed by atoms with Crippen LogP contribution < -0.4 is 0 Å². The molecule has 3 nitrogen and oxygen atoms in total. The second-order valence-electron chi connectivity index (χ2n) is 5.07. The van der Waals surface area contributed by atoms with E-state index in [0.717, 1.165) is 30.4 Å². The van der Waals surface area contributed by atoms with Gasteiger partial charge in [-0.3, -0.25) is 0 Å². The van der Waals surface area contributed by atoms with Gasteiger partial charge in [0.2, 0.25) is 0 Å². The number of benzene rings is 1. The lowest BCUT2D eigenvalue weighted by atomic mass is 9.95. The minimum absolute atomic E-state index is 0.0450. The van der Waals surface area contributed by atoms with Crippen molar-refractivity contribution in [3.8, 4) is 0 Å². The topological polar surface area (TPSA) is 35.5 Å². The van der Waals surface area contributed by atoms with Gasteiger partial charge in [-0.1, -0.05) is 50.6 Å². The predicted octanol–water partition coefficient (Wildman–Crippen LogP) is 4.11. The first kappa shape index (κ1) is 15.4. The van der Waals surface area contributed by atoms with Crippen LogP contribution in [0.1, 0.15) is 38.7 Å². The summed E-state index contributed by atoms with van der Waals surface area (Å²) in [6, 6.07) is 9.72. The Morgan fingerprint density at radius 3 is 2.52 bits per heavy atom. The number of methoxy groups -OCH3 is 1. The molecular weight excluding hydrogens is 264 g/mol. The van der Waals surface area contributed by atoms with Crippen molar-refractivity contribution in [3.05, 3.63) is 53.1 Å². The SMILES string of the molecule is CCCC1OC(c2ccccc2)=C(C(=O)OC)C=C1CC. The first-order valence-electron chi connectivity index (χ1n) is 7.46. The van der Waals surface area contributed by atoms with Crippen LogP contribution in [0.3, 0.4) is 0 Å². The van der Waals surface area contributed by atoms with Gasteiger partial charge in [-0.25, -0.2) is 4.79 Å². The van der Waals surface area contributed by atoms with E-state index < -0.39 is 0 Å². The molecule has 0 bridgehead atoms. The highest BCUT2D eigenvalue weighted by Gasteiger charge is 2.27. The van der Waals surface area contributed by atoms with Gasteiger partial charge in [0.1, 0.15) is 17.4 Å². The van der Waals surface area contributed by atoms with Crippen LogP contribution in [0.2, 0.25) is 0 Å². The summed E-state index contributed by atoms with van der Waals surface area (Å²) in [5, 5.41) is 0. The number of ether oxygens (including phenoxy) is 2. The fourth-order valence-electron chi connectivity index (χ4n) is 2.54. The Labute approximate surface area is 126 Å². The summed E-state index contributed by atoms with van der Waals surface area (Å²) in [7, 11) is 1.40. The van der Waals surface area contributed by atoms with Gasteiger partial charge in [-0.15, -0.1) is 0 Å². The summed E-state index contributed by atoms with van der Waals surface area (Å²) in [5.74, 6) is 0.271. The lowest BCUT2D eigenvalue weighted by Gasteiger charge is -2.28. The monoisotopic (exact) mass is 286 g/mol. The van der Waals surface area contributed by atoms with Crippen molar-refractivity contribution in [1.29, 1.82) is 0 Å². The van der Waals surface area contributed by atoms with Crippen molar-refractivity contribution in [2.24, 2.45) is 0 Å². The molecule has 0 aromatic heterocycles. The minimum atomic E-state index is -0.352. The van der Waals surface area contributed by atoms with Crippen molar-refractivity contribution >= 4 is 11.7 Å². The second kappa shape index (κ2) is 7.11. The summed E-state index contributed by atoms with van der Waals surface area (Å²) in [6.45, 7) is 4.22. The molecule has 1 aliphatic heterocycles. The van der Waals surface area contributed by atoms with Crippen molar-refractivity contribution in [3.63, 3.8) is 0 Å². The fraction of sp³-hybridized carbons (Fsp3) is 0.389. The molecule has 1 aromatic carbocycles. The Hall–Kier alpha value is -2.03.